The van der Waals surface area contributed by atoms with Crippen LogP contribution >= 0.6 is 0 Å². The lowest BCUT2D eigenvalue weighted by molar-refractivity contribution is -0.277. The normalized spacial score (nSPS) is 33.7. The van der Waals surface area contributed by atoms with Gasteiger partial charge in [0.2, 0.25) is 6.29 Å². The zero-order chi connectivity index (χ0) is 14.7. The van der Waals surface area contributed by atoms with Gasteiger partial charge in [-0.05, 0) is 24.3 Å². The fourth-order valence-corrected chi connectivity index (χ4v) is 1.92. The minimum absolute atomic E-state index is 0.319. The van der Waals surface area contributed by atoms with Crippen LogP contribution in [0.4, 0.5) is 0 Å². The summed E-state index contributed by atoms with van der Waals surface area (Å²) in [6.45, 7) is -0.519. The molecular weight excluding hydrogens is 268 g/mol. The Bertz CT molecular complexity index is 445. The number of aliphatic hydroxyl groups excluding tert-OH is 4. The summed E-state index contributed by atoms with van der Waals surface area (Å²) in [7, 11) is 0. The van der Waals surface area contributed by atoms with E-state index >= 15 is 0 Å². The Hall–Kier alpha value is -1.51. The molecule has 4 N–H and O–H groups in total. The van der Waals surface area contributed by atoms with E-state index in [1.165, 1.54) is 24.3 Å². The lowest BCUT2D eigenvalue weighted by Gasteiger charge is -2.39. The van der Waals surface area contributed by atoms with Crippen molar-refractivity contribution in [1.29, 1.82) is 0 Å². The highest BCUT2D eigenvalue weighted by Gasteiger charge is 2.44. The van der Waals surface area contributed by atoms with Crippen LogP contribution in [-0.2, 0) is 4.74 Å². The molecule has 7 heteroatoms. The molecule has 1 aliphatic heterocycles. The van der Waals surface area contributed by atoms with Crippen LogP contribution in [0.15, 0.2) is 24.3 Å². The number of ether oxygens (including phenoxy) is 2. The number of hydrogen-bond acceptors (Lipinski definition) is 7. The van der Waals surface area contributed by atoms with E-state index in [2.05, 4.69) is 0 Å². The van der Waals surface area contributed by atoms with Gasteiger partial charge in [0, 0.05) is 5.56 Å². The molecule has 0 radical (unpaired) electrons. The third kappa shape index (κ3) is 2.97. The Balaban J connectivity index is 2.08. The summed E-state index contributed by atoms with van der Waals surface area (Å²) >= 11 is 0. The monoisotopic (exact) mass is 284 g/mol. The van der Waals surface area contributed by atoms with Crippen LogP contribution < -0.4 is 4.74 Å². The number of aldehydes is 1. The molecule has 0 aromatic heterocycles. The predicted molar refractivity (Wildman–Crippen MR) is 66.2 cm³/mol. The van der Waals surface area contributed by atoms with E-state index in [9.17, 15) is 20.1 Å². The van der Waals surface area contributed by atoms with Gasteiger partial charge in [-0.1, -0.05) is 0 Å². The quantitative estimate of drug-likeness (QED) is 0.507. The molecule has 0 spiro atoms. The van der Waals surface area contributed by atoms with Crippen molar-refractivity contribution in [1.82, 2.24) is 0 Å². The van der Waals surface area contributed by atoms with Crippen LogP contribution in [0, 0.1) is 0 Å². The van der Waals surface area contributed by atoms with E-state index in [0.29, 0.717) is 17.6 Å². The molecule has 5 atom stereocenters. The highest BCUT2D eigenvalue weighted by atomic mass is 16.7. The van der Waals surface area contributed by atoms with E-state index in [4.69, 9.17) is 14.6 Å². The Morgan fingerprint density at radius 1 is 1.10 bits per heavy atom. The summed E-state index contributed by atoms with van der Waals surface area (Å²) < 4.78 is 10.5. The van der Waals surface area contributed by atoms with Gasteiger partial charge in [0.1, 0.15) is 36.5 Å². The van der Waals surface area contributed by atoms with E-state index in [1.807, 2.05) is 0 Å². The number of carbonyl (C=O) groups excluding carboxylic acids is 1. The molecule has 1 aromatic carbocycles. The molecule has 7 nitrogen and oxygen atoms in total. The third-order valence-electron chi connectivity index (χ3n) is 3.12. The molecule has 1 fully saturated rings. The van der Waals surface area contributed by atoms with Crippen molar-refractivity contribution in [2.45, 2.75) is 30.7 Å². The zero-order valence-electron chi connectivity index (χ0n) is 10.5. The summed E-state index contributed by atoms with van der Waals surface area (Å²) in [4.78, 5) is 10.5. The Morgan fingerprint density at radius 2 is 1.75 bits per heavy atom. The van der Waals surface area contributed by atoms with Crippen LogP contribution in [0.1, 0.15) is 10.4 Å². The van der Waals surface area contributed by atoms with E-state index in [1.54, 1.807) is 0 Å². The SMILES string of the molecule is O=Cc1ccc(O[C@H]2O[C@H](CO)[C@@H](O)[C@@H](O)[C@H]2O)cc1. The lowest BCUT2D eigenvalue weighted by atomic mass is 9.99. The molecule has 20 heavy (non-hydrogen) atoms. The summed E-state index contributed by atoms with van der Waals surface area (Å²) in [6.07, 6.45) is -5.94. The van der Waals surface area contributed by atoms with E-state index in [0.717, 1.165) is 0 Å². The Kier molecular flexibility index (Phi) is 4.69. The van der Waals surface area contributed by atoms with Crippen LogP contribution in [0.3, 0.4) is 0 Å². The largest absolute Gasteiger partial charge is 0.462 e. The average Bonchev–Trinajstić information content (AvgIpc) is 2.48. The van der Waals surface area contributed by atoms with Crippen molar-refractivity contribution in [2.24, 2.45) is 0 Å². The number of benzene rings is 1. The third-order valence-corrected chi connectivity index (χ3v) is 3.12. The standard InChI is InChI=1S/C13H16O7/c14-5-7-1-3-8(4-2-7)19-13-12(18)11(17)10(16)9(6-15)20-13/h1-5,9-13,15-18H,6H2/t9-,10-,11-,12-,13+/m1/s1. The molecule has 0 bridgehead atoms. The summed E-state index contributed by atoms with van der Waals surface area (Å²) in [5.41, 5.74) is 0.464. The van der Waals surface area contributed by atoms with Crippen molar-refractivity contribution in [3.8, 4) is 5.75 Å². The van der Waals surface area contributed by atoms with Gasteiger partial charge in [-0.25, -0.2) is 0 Å². The maximum atomic E-state index is 10.5. The molecule has 0 unspecified atom stereocenters. The zero-order valence-corrected chi connectivity index (χ0v) is 10.5. The Morgan fingerprint density at radius 3 is 2.30 bits per heavy atom. The fourth-order valence-electron chi connectivity index (χ4n) is 1.92. The summed E-state index contributed by atoms with van der Waals surface area (Å²) in [5.74, 6) is 0.319. The molecule has 1 saturated heterocycles. The first-order valence-corrected chi connectivity index (χ1v) is 6.09. The van der Waals surface area contributed by atoms with Crippen LogP contribution in [-0.4, -0.2) is 64.0 Å². The van der Waals surface area contributed by atoms with E-state index in [-0.39, 0.29) is 0 Å². The summed E-state index contributed by atoms with van der Waals surface area (Å²) in [5, 5.41) is 38.1. The predicted octanol–water partition coefficient (Wildman–Crippen LogP) is -1.32. The van der Waals surface area contributed by atoms with Gasteiger partial charge >= 0.3 is 0 Å². The maximum Gasteiger partial charge on any atom is 0.229 e. The molecule has 1 aromatic rings. The number of rotatable bonds is 4. The first-order valence-electron chi connectivity index (χ1n) is 6.09. The second kappa shape index (κ2) is 6.29. The average molecular weight is 284 g/mol. The highest BCUT2D eigenvalue weighted by molar-refractivity contribution is 5.74. The lowest BCUT2D eigenvalue weighted by Crippen LogP contribution is -2.60. The maximum absolute atomic E-state index is 10.5. The molecule has 0 aliphatic carbocycles. The van der Waals surface area contributed by atoms with Crippen molar-refractivity contribution in [2.75, 3.05) is 6.61 Å². The van der Waals surface area contributed by atoms with Gasteiger partial charge < -0.3 is 29.9 Å². The number of hydrogen-bond donors (Lipinski definition) is 4. The molecule has 1 heterocycles. The van der Waals surface area contributed by atoms with E-state index < -0.39 is 37.3 Å². The second-order valence-electron chi connectivity index (χ2n) is 4.50. The van der Waals surface area contributed by atoms with Gasteiger partial charge in [-0.15, -0.1) is 0 Å². The summed E-state index contributed by atoms with van der Waals surface area (Å²) in [6, 6.07) is 6.05. The van der Waals surface area contributed by atoms with Crippen molar-refractivity contribution in [3.63, 3.8) is 0 Å². The number of aliphatic hydroxyl groups is 4. The number of carbonyl (C=O) groups is 1. The molecule has 110 valence electrons. The first-order chi connectivity index (χ1) is 9.56. The second-order valence-corrected chi connectivity index (χ2v) is 4.50. The topological polar surface area (TPSA) is 116 Å². The van der Waals surface area contributed by atoms with Gasteiger partial charge in [0.15, 0.2) is 0 Å². The fraction of sp³-hybridized carbons (Fsp3) is 0.462. The minimum Gasteiger partial charge on any atom is -0.462 e. The van der Waals surface area contributed by atoms with Gasteiger partial charge in [-0.3, -0.25) is 4.79 Å². The van der Waals surface area contributed by atoms with Crippen LogP contribution in [0.25, 0.3) is 0 Å². The van der Waals surface area contributed by atoms with Crippen molar-refractivity contribution in [3.05, 3.63) is 29.8 Å². The minimum atomic E-state index is -1.49. The van der Waals surface area contributed by atoms with Crippen LogP contribution in [0.5, 0.6) is 5.75 Å². The smallest absolute Gasteiger partial charge is 0.229 e. The molecule has 1 aliphatic rings. The van der Waals surface area contributed by atoms with Crippen molar-refractivity contribution < 1.29 is 34.7 Å². The molecule has 2 rings (SSSR count). The van der Waals surface area contributed by atoms with Gasteiger partial charge in [0.25, 0.3) is 0 Å². The van der Waals surface area contributed by atoms with Gasteiger partial charge in [-0.2, -0.15) is 0 Å². The highest BCUT2D eigenvalue weighted by Crippen LogP contribution is 2.24. The van der Waals surface area contributed by atoms with Gasteiger partial charge in [0.05, 0.1) is 6.61 Å². The molecular formula is C13H16O7. The van der Waals surface area contributed by atoms with Crippen LogP contribution in [0.2, 0.25) is 0 Å². The molecule has 0 saturated carbocycles. The Labute approximate surface area is 115 Å². The van der Waals surface area contributed by atoms with Crippen molar-refractivity contribution >= 4 is 6.29 Å². The molecule has 0 amide bonds. The first kappa shape index (κ1) is 14.9.